The molecule has 0 radical (unpaired) electrons. The zero-order valence-corrected chi connectivity index (χ0v) is 13.0. The van der Waals surface area contributed by atoms with E-state index in [1.165, 1.54) is 0 Å². The number of likely N-dealkylation sites (N-methyl/N-ethyl adjacent to an activating group) is 1. The van der Waals surface area contributed by atoms with E-state index in [-0.39, 0.29) is 0 Å². The molecule has 0 saturated carbocycles. The molecule has 0 aliphatic heterocycles. The molecule has 0 aliphatic rings. The first-order valence-corrected chi connectivity index (χ1v) is 7.43. The van der Waals surface area contributed by atoms with Crippen LogP contribution in [0, 0.1) is 0 Å². The number of hydrogen-bond acceptors (Lipinski definition) is 4. The fourth-order valence-corrected chi connectivity index (χ4v) is 2.03. The van der Waals surface area contributed by atoms with E-state index < -0.39 is 0 Å². The average molecular weight is 280 g/mol. The molecule has 4 nitrogen and oxygen atoms in total. The number of hydrogen-bond donors (Lipinski definition) is 1. The largest absolute Gasteiger partial charge is 0.492 e. The van der Waals surface area contributed by atoms with Gasteiger partial charge in [0.1, 0.15) is 12.4 Å². The van der Waals surface area contributed by atoms with Crippen molar-refractivity contribution in [2.75, 3.05) is 46.4 Å². The Morgan fingerprint density at radius 1 is 1.15 bits per heavy atom. The first kappa shape index (κ1) is 17.0. The third kappa shape index (κ3) is 6.89. The van der Waals surface area contributed by atoms with Gasteiger partial charge in [0.15, 0.2) is 0 Å². The molecule has 0 heterocycles. The van der Waals surface area contributed by atoms with Gasteiger partial charge in [-0.25, -0.2) is 0 Å². The molecular weight excluding hydrogens is 252 g/mol. The van der Waals surface area contributed by atoms with Gasteiger partial charge >= 0.3 is 0 Å². The molecule has 0 amide bonds. The monoisotopic (exact) mass is 280 g/mol. The minimum Gasteiger partial charge on any atom is -0.492 e. The van der Waals surface area contributed by atoms with Crippen LogP contribution in [-0.4, -0.2) is 51.3 Å². The van der Waals surface area contributed by atoms with Gasteiger partial charge in [-0.1, -0.05) is 26.0 Å². The lowest BCUT2D eigenvalue weighted by molar-refractivity contribution is 0.184. The number of nitrogens with zero attached hydrogens (tertiary/aromatic N) is 1. The smallest absolute Gasteiger partial charge is 0.119 e. The fourth-order valence-electron chi connectivity index (χ4n) is 2.03. The van der Waals surface area contributed by atoms with Crippen LogP contribution in [0.15, 0.2) is 24.3 Å². The molecule has 0 aliphatic carbocycles. The van der Waals surface area contributed by atoms with E-state index in [0.717, 1.165) is 44.0 Å². The van der Waals surface area contributed by atoms with Crippen LogP contribution in [0.1, 0.15) is 19.4 Å². The van der Waals surface area contributed by atoms with Crippen molar-refractivity contribution >= 4 is 0 Å². The lowest BCUT2D eigenvalue weighted by atomic mass is 10.2. The zero-order chi connectivity index (χ0) is 14.6. The molecule has 1 rings (SSSR count). The van der Waals surface area contributed by atoms with Crippen molar-refractivity contribution in [1.82, 2.24) is 10.2 Å². The van der Waals surface area contributed by atoms with Crippen LogP contribution in [0.5, 0.6) is 5.75 Å². The highest BCUT2D eigenvalue weighted by Gasteiger charge is 1.99. The molecule has 114 valence electrons. The Labute approximate surface area is 123 Å². The summed E-state index contributed by atoms with van der Waals surface area (Å²) in [5.74, 6) is 0.907. The van der Waals surface area contributed by atoms with Crippen molar-refractivity contribution in [2.45, 2.75) is 20.5 Å². The second kappa shape index (κ2) is 10.7. The van der Waals surface area contributed by atoms with Gasteiger partial charge in [0.2, 0.25) is 0 Å². The van der Waals surface area contributed by atoms with E-state index in [9.17, 15) is 0 Å². The Morgan fingerprint density at radius 3 is 2.65 bits per heavy atom. The van der Waals surface area contributed by atoms with E-state index >= 15 is 0 Å². The zero-order valence-electron chi connectivity index (χ0n) is 13.0. The van der Waals surface area contributed by atoms with Crippen LogP contribution in [0.4, 0.5) is 0 Å². The summed E-state index contributed by atoms with van der Waals surface area (Å²) in [6.45, 7) is 10.9. The lowest BCUT2D eigenvalue weighted by Crippen LogP contribution is -2.33. The molecule has 0 aromatic heterocycles. The Morgan fingerprint density at radius 2 is 1.95 bits per heavy atom. The third-order valence-corrected chi connectivity index (χ3v) is 3.26. The van der Waals surface area contributed by atoms with Gasteiger partial charge in [-0.15, -0.1) is 0 Å². The van der Waals surface area contributed by atoms with Gasteiger partial charge in [-0.05, 0) is 30.8 Å². The summed E-state index contributed by atoms with van der Waals surface area (Å²) in [5, 5.41) is 3.40. The Bertz CT molecular complexity index is 354. The molecule has 0 spiro atoms. The Hall–Kier alpha value is -1.10. The highest BCUT2D eigenvalue weighted by Crippen LogP contribution is 2.13. The van der Waals surface area contributed by atoms with Crippen LogP contribution in [-0.2, 0) is 11.3 Å². The lowest BCUT2D eigenvalue weighted by Gasteiger charge is -2.18. The van der Waals surface area contributed by atoms with Crippen molar-refractivity contribution < 1.29 is 9.47 Å². The summed E-state index contributed by atoms with van der Waals surface area (Å²) < 4.78 is 10.8. The number of rotatable bonds is 11. The Kier molecular flexibility index (Phi) is 9.04. The maximum absolute atomic E-state index is 5.72. The maximum Gasteiger partial charge on any atom is 0.119 e. The summed E-state index contributed by atoms with van der Waals surface area (Å²) in [6, 6.07) is 8.05. The SMILES string of the molecule is CCN(CC)CCNCCOc1cccc(COC)c1. The van der Waals surface area contributed by atoms with E-state index in [2.05, 4.69) is 24.1 Å². The highest BCUT2D eigenvalue weighted by molar-refractivity contribution is 5.28. The highest BCUT2D eigenvalue weighted by atomic mass is 16.5. The van der Waals surface area contributed by atoms with E-state index in [1.54, 1.807) is 7.11 Å². The van der Waals surface area contributed by atoms with Crippen LogP contribution < -0.4 is 10.1 Å². The van der Waals surface area contributed by atoms with Crippen molar-refractivity contribution in [3.05, 3.63) is 29.8 Å². The molecule has 0 saturated heterocycles. The average Bonchev–Trinajstić information content (AvgIpc) is 2.47. The quantitative estimate of drug-likeness (QED) is 0.630. The fraction of sp³-hybridized carbons (Fsp3) is 0.625. The number of ether oxygens (including phenoxy) is 2. The second-order valence-corrected chi connectivity index (χ2v) is 4.71. The molecule has 1 N–H and O–H groups in total. The topological polar surface area (TPSA) is 33.7 Å². The van der Waals surface area contributed by atoms with Gasteiger partial charge in [-0.2, -0.15) is 0 Å². The molecule has 0 bridgehead atoms. The molecule has 0 atom stereocenters. The van der Waals surface area contributed by atoms with Crippen molar-refractivity contribution in [1.29, 1.82) is 0 Å². The van der Waals surface area contributed by atoms with Crippen LogP contribution in [0.2, 0.25) is 0 Å². The van der Waals surface area contributed by atoms with Crippen molar-refractivity contribution in [3.8, 4) is 5.75 Å². The summed E-state index contributed by atoms with van der Waals surface area (Å²) in [5.41, 5.74) is 1.14. The summed E-state index contributed by atoms with van der Waals surface area (Å²) in [4.78, 5) is 2.40. The van der Waals surface area contributed by atoms with E-state index in [1.807, 2.05) is 24.3 Å². The first-order valence-electron chi connectivity index (χ1n) is 7.43. The van der Waals surface area contributed by atoms with Crippen LogP contribution >= 0.6 is 0 Å². The predicted octanol–water partition coefficient (Wildman–Crippen LogP) is 2.14. The first-order chi connectivity index (χ1) is 9.80. The van der Waals surface area contributed by atoms with Crippen molar-refractivity contribution in [3.63, 3.8) is 0 Å². The second-order valence-electron chi connectivity index (χ2n) is 4.71. The molecule has 0 fully saturated rings. The van der Waals surface area contributed by atoms with Crippen LogP contribution in [0.25, 0.3) is 0 Å². The summed E-state index contributed by atoms with van der Waals surface area (Å²) in [7, 11) is 1.70. The van der Waals surface area contributed by atoms with Gasteiger partial charge < -0.3 is 19.7 Å². The number of nitrogens with one attached hydrogen (secondary N) is 1. The standard InChI is InChI=1S/C16H28N2O2/c1-4-18(5-2)11-9-17-10-12-20-16-8-6-7-15(13-16)14-19-3/h6-8,13,17H,4-5,9-12,14H2,1-3H3. The normalized spacial score (nSPS) is 11.0. The number of methoxy groups -OCH3 is 1. The molecular formula is C16H28N2O2. The van der Waals surface area contributed by atoms with Gasteiger partial charge in [0.05, 0.1) is 6.61 Å². The third-order valence-electron chi connectivity index (χ3n) is 3.26. The summed E-state index contributed by atoms with van der Waals surface area (Å²) in [6.07, 6.45) is 0. The molecule has 1 aromatic rings. The predicted molar refractivity (Wildman–Crippen MR) is 83.3 cm³/mol. The van der Waals surface area contributed by atoms with Gasteiger partial charge in [-0.3, -0.25) is 0 Å². The minimum atomic E-state index is 0.624. The van der Waals surface area contributed by atoms with Crippen LogP contribution in [0.3, 0.4) is 0 Å². The van der Waals surface area contributed by atoms with Gasteiger partial charge in [0, 0.05) is 26.7 Å². The summed E-state index contributed by atoms with van der Waals surface area (Å²) >= 11 is 0. The molecule has 0 unspecified atom stereocenters. The van der Waals surface area contributed by atoms with E-state index in [0.29, 0.717) is 13.2 Å². The minimum absolute atomic E-state index is 0.624. The van der Waals surface area contributed by atoms with E-state index in [4.69, 9.17) is 9.47 Å². The maximum atomic E-state index is 5.72. The van der Waals surface area contributed by atoms with Crippen molar-refractivity contribution in [2.24, 2.45) is 0 Å². The molecule has 4 heteroatoms. The molecule has 20 heavy (non-hydrogen) atoms. The Balaban J connectivity index is 2.13. The number of benzene rings is 1. The molecule has 1 aromatic carbocycles. The van der Waals surface area contributed by atoms with Gasteiger partial charge in [0.25, 0.3) is 0 Å².